The van der Waals surface area contributed by atoms with Crippen LogP contribution >= 0.6 is 0 Å². The molecule has 0 aliphatic carbocycles. The molecule has 1 aromatic heterocycles. The van der Waals surface area contributed by atoms with Crippen LogP contribution in [0.15, 0.2) is 72.1 Å². The van der Waals surface area contributed by atoms with Crippen molar-refractivity contribution in [2.75, 3.05) is 19.5 Å². The number of hydrazone groups is 1. The van der Waals surface area contributed by atoms with Gasteiger partial charge in [-0.25, -0.2) is 5.01 Å². The van der Waals surface area contributed by atoms with Gasteiger partial charge in [0.15, 0.2) is 11.5 Å². The Bertz CT molecular complexity index is 1160. The Morgan fingerprint density at radius 3 is 2.58 bits per heavy atom. The first-order chi connectivity index (χ1) is 16.1. The monoisotopic (exact) mass is 444 g/mol. The van der Waals surface area contributed by atoms with E-state index >= 15 is 0 Å². The van der Waals surface area contributed by atoms with Crippen LogP contribution in [0.4, 0.5) is 5.69 Å². The number of ether oxygens (including phenoxy) is 2. The van der Waals surface area contributed by atoms with Gasteiger partial charge >= 0.3 is 0 Å². The van der Waals surface area contributed by atoms with Crippen molar-refractivity contribution in [3.8, 4) is 11.5 Å². The predicted octanol–water partition coefficient (Wildman–Crippen LogP) is 3.85. The molecule has 0 radical (unpaired) electrons. The van der Waals surface area contributed by atoms with Gasteiger partial charge in [-0.05, 0) is 47.5 Å². The van der Waals surface area contributed by atoms with Crippen LogP contribution in [0.3, 0.4) is 0 Å². The highest BCUT2D eigenvalue weighted by atomic mass is 16.5. The minimum absolute atomic E-state index is 0.0846. The van der Waals surface area contributed by atoms with Crippen molar-refractivity contribution in [2.45, 2.75) is 18.9 Å². The number of anilines is 1. The van der Waals surface area contributed by atoms with E-state index in [1.165, 1.54) is 11.2 Å². The summed E-state index contributed by atoms with van der Waals surface area (Å²) in [7, 11) is 3.15. The summed E-state index contributed by atoms with van der Waals surface area (Å²) in [4.78, 5) is 29.4. The van der Waals surface area contributed by atoms with Gasteiger partial charge in [0.1, 0.15) is 0 Å². The normalized spacial score (nSPS) is 15.3. The molecule has 168 valence electrons. The fourth-order valence-corrected chi connectivity index (χ4v) is 3.62. The number of carbonyl (C=O) groups is 2. The zero-order valence-electron chi connectivity index (χ0n) is 18.4. The third-order valence-electron chi connectivity index (χ3n) is 5.39. The summed E-state index contributed by atoms with van der Waals surface area (Å²) in [5, 5.41) is 8.60. The molecule has 1 atom stereocenters. The van der Waals surface area contributed by atoms with E-state index in [4.69, 9.17) is 9.47 Å². The highest BCUT2D eigenvalue weighted by molar-refractivity contribution is 6.04. The van der Waals surface area contributed by atoms with Crippen LogP contribution < -0.4 is 14.8 Å². The maximum absolute atomic E-state index is 13.1. The van der Waals surface area contributed by atoms with E-state index in [-0.39, 0.29) is 17.7 Å². The lowest BCUT2D eigenvalue weighted by Crippen LogP contribution is -2.34. The fraction of sp³-hybridized carbons (Fsp3) is 0.200. The van der Waals surface area contributed by atoms with Crippen molar-refractivity contribution in [3.05, 3.63) is 83.7 Å². The van der Waals surface area contributed by atoms with E-state index in [1.807, 2.05) is 24.3 Å². The number of nitrogens with one attached hydrogen (secondary N) is 1. The summed E-state index contributed by atoms with van der Waals surface area (Å²) in [6.07, 6.45) is 5.40. The molecule has 0 bridgehead atoms. The summed E-state index contributed by atoms with van der Waals surface area (Å²) in [6, 6.07) is 16.2. The average Bonchev–Trinajstić information content (AvgIpc) is 2.86. The van der Waals surface area contributed by atoms with Crippen molar-refractivity contribution in [1.82, 2.24) is 9.99 Å². The molecular formula is C25H24N4O4. The van der Waals surface area contributed by atoms with Crippen molar-refractivity contribution in [3.63, 3.8) is 0 Å². The smallest absolute Gasteiger partial charge is 0.257 e. The number of amides is 2. The van der Waals surface area contributed by atoms with Gasteiger partial charge in [-0.2, -0.15) is 5.10 Å². The molecular weight excluding hydrogens is 420 g/mol. The molecule has 0 fully saturated rings. The number of pyridine rings is 1. The molecule has 4 rings (SSSR count). The SMILES string of the molecule is COc1ccc(C2CC=NN(Cc3ccc(NC(=O)c4cccnc4)cc3)C2=O)cc1OC. The highest BCUT2D eigenvalue weighted by Crippen LogP contribution is 2.33. The van der Waals surface area contributed by atoms with Crippen molar-refractivity contribution < 1.29 is 19.1 Å². The maximum Gasteiger partial charge on any atom is 0.257 e. The number of rotatable bonds is 7. The first-order valence-electron chi connectivity index (χ1n) is 10.4. The molecule has 2 aromatic carbocycles. The number of carbonyl (C=O) groups excluding carboxylic acids is 2. The third kappa shape index (κ3) is 5.01. The van der Waals surface area contributed by atoms with Crippen LogP contribution in [0.25, 0.3) is 0 Å². The molecule has 1 unspecified atom stereocenters. The van der Waals surface area contributed by atoms with Gasteiger partial charge in [0.2, 0.25) is 0 Å². The number of hydrogen-bond donors (Lipinski definition) is 1. The quantitative estimate of drug-likeness (QED) is 0.597. The van der Waals surface area contributed by atoms with Gasteiger partial charge in [0.05, 0.1) is 32.2 Å². The number of benzene rings is 2. The lowest BCUT2D eigenvalue weighted by molar-refractivity contribution is -0.134. The summed E-state index contributed by atoms with van der Waals surface area (Å²) in [5.41, 5.74) is 2.88. The largest absolute Gasteiger partial charge is 0.493 e. The Morgan fingerprint density at radius 1 is 1.09 bits per heavy atom. The molecule has 8 nitrogen and oxygen atoms in total. The second-order valence-electron chi connectivity index (χ2n) is 7.49. The summed E-state index contributed by atoms with van der Waals surface area (Å²) >= 11 is 0. The lowest BCUT2D eigenvalue weighted by Gasteiger charge is -2.27. The van der Waals surface area contributed by atoms with Crippen LogP contribution in [0.1, 0.15) is 33.8 Å². The summed E-state index contributed by atoms with van der Waals surface area (Å²) < 4.78 is 10.7. The van der Waals surface area contributed by atoms with Crippen molar-refractivity contribution in [1.29, 1.82) is 0 Å². The molecule has 0 spiro atoms. The molecule has 0 saturated carbocycles. The standard InChI is InChI=1S/C25H24N4O4/c1-32-22-10-7-18(14-23(22)33-2)21-11-13-27-29(25(21)31)16-17-5-8-20(9-6-17)28-24(30)19-4-3-12-26-15-19/h3-10,12-15,21H,11,16H2,1-2H3,(H,28,30). The number of nitrogens with zero attached hydrogens (tertiary/aromatic N) is 3. The van der Waals surface area contributed by atoms with Gasteiger partial charge in [0, 0.05) is 30.7 Å². The number of aromatic nitrogens is 1. The van der Waals surface area contributed by atoms with E-state index < -0.39 is 0 Å². The summed E-state index contributed by atoms with van der Waals surface area (Å²) in [6.45, 7) is 0.329. The van der Waals surface area contributed by atoms with E-state index in [0.717, 1.165) is 11.1 Å². The Hall–Kier alpha value is -4.20. The van der Waals surface area contributed by atoms with E-state index in [2.05, 4.69) is 15.4 Å². The number of hydrogen-bond acceptors (Lipinski definition) is 6. The van der Waals surface area contributed by atoms with Gasteiger partial charge in [-0.3, -0.25) is 14.6 Å². The van der Waals surface area contributed by atoms with Crippen molar-refractivity contribution in [2.24, 2.45) is 5.10 Å². The Balaban J connectivity index is 1.43. The van der Waals surface area contributed by atoms with Gasteiger partial charge in [-0.15, -0.1) is 0 Å². The van der Waals surface area contributed by atoms with Crippen LogP contribution in [0, 0.1) is 0 Å². The van der Waals surface area contributed by atoms with Gasteiger partial charge in [-0.1, -0.05) is 18.2 Å². The average molecular weight is 444 g/mol. The van der Waals surface area contributed by atoms with Gasteiger partial charge < -0.3 is 14.8 Å². The Morgan fingerprint density at radius 2 is 1.88 bits per heavy atom. The van der Waals surface area contributed by atoms with E-state index in [0.29, 0.717) is 35.7 Å². The maximum atomic E-state index is 13.1. The van der Waals surface area contributed by atoms with Crippen LogP contribution in [0.5, 0.6) is 11.5 Å². The first kappa shape index (κ1) is 22.0. The van der Waals surface area contributed by atoms with Crippen LogP contribution in [-0.4, -0.2) is 42.2 Å². The molecule has 2 heterocycles. The predicted molar refractivity (Wildman–Crippen MR) is 125 cm³/mol. The first-order valence-corrected chi connectivity index (χ1v) is 10.4. The number of methoxy groups -OCH3 is 2. The minimum atomic E-state index is -0.347. The lowest BCUT2D eigenvalue weighted by atomic mass is 9.93. The Kier molecular flexibility index (Phi) is 6.64. The second-order valence-corrected chi connectivity index (χ2v) is 7.49. The third-order valence-corrected chi connectivity index (χ3v) is 5.39. The minimum Gasteiger partial charge on any atom is -0.493 e. The fourth-order valence-electron chi connectivity index (χ4n) is 3.62. The molecule has 33 heavy (non-hydrogen) atoms. The van der Waals surface area contributed by atoms with Crippen LogP contribution in [0.2, 0.25) is 0 Å². The van der Waals surface area contributed by atoms with Gasteiger partial charge in [0.25, 0.3) is 11.8 Å². The molecule has 1 N–H and O–H groups in total. The van der Waals surface area contributed by atoms with E-state index in [1.54, 1.807) is 57.0 Å². The molecule has 2 amide bonds. The topological polar surface area (TPSA) is 93.1 Å². The zero-order valence-corrected chi connectivity index (χ0v) is 18.4. The molecule has 1 aliphatic heterocycles. The second kappa shape index (κ2) is 9.95. The zero-order chi connectivity index (χ0) is 23.2. The molecule has 3 aromatic rings. The van der Waals surface area contributed by atoms with Crippen LogP contribution in [-0.2, 0) is 11.3 Å². The van der Waals surface area contributed by atoms with E-state index in [9.17, 15) is 9.59 Å². The molecule has 8 heteroatoms. The Labute approximate surface area is 191 Å². The molecule has 1 aliphatic rings. The summed E-state index contributed by atoms with van der Waals surface area (Å²) in [5.74, 6) is 0.537. The van der Waals surface area contributed by atoms with Crippen molar-refractivity contribution >= 4 is 23.7 Å². The highest BCUT2D eigenvalue weighted by Gasteiger charge is 2.29. The molecule has 0 saturated heterocycles.